The fourth-order valence-corrected chi connectivity index (χ4v) is 1.72. The molecule has 1 heterocycles. The Balaban J connectivity index is 2.12. The highest BCUT2D eigenvalue weighted by Gasteiger charge is 2.15. The zero-order valence-electron chi connectivity index (χ0n) is 9.62. The predicted molar refractivity (Wildman–Crippen MR) is 66.3 cm³/mol. The SMILES string of the molecule is CCNC(=S)NCCC(=O)N1CCOCC1. The summed E-state index contributed by atoms with van der Waals surface area (Å²) in [4.78, 5) is 13.5. The third-order valence-electron chi connectivity index (χ3n) is 2.33. The quantitative estimate of drug-likeness (QED) is 0.667. The number of thiocarbonyl (C=S) groups is 1. The standard InChI is InChI=1S/C10H19N3O2S/c1-2-11-10(16)12-4-3-9(14)13-5-7-15-8-6-13/h2-8H2,1H3,(H2,11,12,16). The van der Waals surface area contributed by atoms with Gasteiger partial charge in [-0.3, -0.25) is 4.79 Å². The number of nitrogens with zero attached hydrogens (tertiary/aromatic N) is 1. The fourth-order valence-electron chi connectivity index (χ4n) is 1.48. The first kappa shape index (κ1) is 13.2. The summed E-state index contributed by atoms with van der Waals surface area (Å²) in [5, 5.41) is 6.58. The molecule has 2 N–H and O–H groups in total. The molecule has 5 nitrogen and oxygen atoms in total. The molecule has 0 bridgehead atoms. The lowest BCUT2D eigenvalue weighted by Crippen LogP contribution is -2.42. The molecular formula is C10H19N3O2S. The molecule has 0 radical (unpaired) electrons. The van der Waals surface area contributed by atoms with Crippen molar-refractivity contribution < 1.29 is 9.53 Å². The summed E-state index contributed by atoms with van der Waals surface area (Å²) in [6.45, 7) is 6.06. The summed E-state index contributed by atoms with van der Waals surface area (Å²) < 4.78 is 5.18. The van der Waals surface area contributed by atoms with Gasteiger partial charge in [0.2, 0.25) is 5.91 Å². The van der Waals surface area contributed by atoms with E-state index in [4.69, 9.17) is 17.0 Å². The van der Waals surface area contributed by atoms with Gasteiger partial charge in [0.25, 0.3) is 0 Å². The molecule has 1 amide bonds. The molecule has 1 rings (SSSR count). The monoisotopic (exact) mass is 245 g/mol. The van der Waals surface area contributed by atoms with Crippen LogP contribution in [0, 0.1) is 0 Å². The van der Waals surface area contributed by atoms with Gasteiger partial charge < -0.3 is 20.3 Å². The van der Waals surface area contributed by atoms with Crippen LogP contribution in [0.4, 0.5) is 0 Å². The number of rotatable bonds is 4. The Hall–Kier alpha value is -0.880. The van der Waals surface area contributed by atoms with E-state index in [-0.39, 0.29) is 5.91 Å². The molecule has 6 heteroatoms. The topological polar surface area (TPSA) is 53.6 Å². The van der Waals surface area contributed by atoms with Crippen LogP contribution in [0.2, 0.25) is 0 Å². The Morgan fingerprint density at radius 2 is 2.06 bits per heavy atom. The molecule has 1 aliphatic rings. The number of carbonyl (C=O) groups is 1. The van der Waals surface area contributed by atoms with E-state index in [0.717, 1.165) is 6.54 Å². The van der Waals surface area contributed by atoms with E-state index in [2.05, 4.69) is 10.6 Å². The van der Waals surface area contributed by atoms with Gasteiger partial charge in [-0.05, 0) is 19.1 Å². The Morgan fingerprint density at radius 1 is 1.38 bits per heavy atom. The number of nitrogens with one attached hydrogen (secondary N) is 2. The van der Waals surface area contributed by atoms with E-state index < -0.39 is 0 Å². The second-order valence-corrected chi connectivity index (χ2v) is 3.94. The van der Waals surface area contributed by atoms with Crippen molar-refractivity contribution in [2.24, 2.45) is 0 Å². The maximum atomic E-state index is 11.7. The van der Waals surface area contributed by atoms with Gasteiger partial charge in [-0.1, -0.05) is 0 Å². The maximum absolute atomic E-state index is 11.7. The Bertz CT molecular complexity index is 242. The van der Waals surface area contributed by atoms with Crippen molar-refractivity contribution in [1.82, 2.24) is 15.5 Å². The van der Waals surface area contributed by atoms with Gasteiger partial charge in [-0.2, -0.15) is 0 Å². The van der Waals surface area contributed by atoms with Crippen LogP contribution in [0.15, 0.2) is 0 Å². The smallest absolute Gasteiger partial charge is 0.224 e. The number of hydrogen-bond acceptors (Lipinski definition) is 3. The minimum absolute atomic E-state index is 0.162. The highest BCUT2D eigenvalue weighted by molar-refractivity contribution is 7.80. The van der Waals surface area contributed by atoms with Gasteiger partial charge in [0, 0.05) is 32.6 Å². The minimum Gasteiger partial charge on any atom is -0.378 e. The predicted octanol–water partition coefficient (Wildman–Crippen LogP) is -0.281. The molecule has 1 saturated heterocycles. The van der Waals surface area contributed by atoms with Crippen LogP contribution in [0.25, 0.3) is 0 Å². The highest BCUT2D eigenvalue weighted by Crippen LogP contribution is 1.99. The maximum Gasteiger partial charge on any atom is 0.224 e. The lowest BCUT2D eigenvalue weighted by molar-refractivity contribution is -0.135. The second kappa shape index (κ2) is 7.40. The molecule has 16 heavy (non-hydrogen) atoms. The number of morpholine rings is 1. The van der Waals surface area contributed by atoms with Crippen molar-refractivity contribution in [2.45, 2.75) is 13.3 Å². The van der Waals surface area contributed by atoms with Gasteiger partial charge >= 0.3 is 0 Å². The van der Waals surface area contributed by atoms with Crippen LogP contribution in [0.5, 0.6) is 0 Å². The van der Waals surface area contributed by atoms with E-state index in [9.17, 15) is 4.79 Å². The number of carbonyl (C=O) groups excluding carboxylic acids is 1. The first-order chi connectivity index (χ1) is 7.74. The zero-order chi connectivity index (χ0) is 11.8. The van der Waals surface area contributed by atoms with E-state index in [1.54, 1.807) is 0 Å². The summed E-state index contributed by atoms with van der Waals surface area (Å²) in [6.07, 6.45) is 0.478. The lowest BCUT2D eigenvalue weighted by atomic mass is 10.3. The van der Waals surface area contributed by atoms with E-state index in [0.29, 0.717) is 44.4 Å². The molecule has 0 unspecified atom stereocenters. The molecule has 0 aromatic rings. The normalized spacial score (nSPS) is 15.7. The van der Waals surface area contributed by atoms with Gasteiger partial charge in [0.15, 0.2) is 5.11 Å². The molecule has 0 atom stereocenters. The molecule has 1 aliphatic heterocycles. The van der Waals surface area contributed by atoms with Crippen LogP contribution >= 0.6 is 12.2 Å². The molecule has 0 spiro atoms. The molecule has 0 aliphatic carbocycles. The molecule has 0 saturated carbocycles. The number of hydrogen-bond donors (Lipinski definition) is 2. The summed E-state index contributed by atoms with van der Waals surface area (Å²) >= 11 is 4.99. The molecule has 0 aromatic heterocycles. The summed E-state index contributed by atoms with van der Waals surface area (Å²) in [7, 11) is 0. The van der Waals surface area contributed by atoms with Gasteiger partial charge in [0.05, 0.1) is 13.2 Å². The Kier molecular flexibility index (Phi) is 6.10. The van der Waals surface area contributed by atoms with Crippen molar-refractivity contribution in [3.63, 3.8) is 0 Å². The van der Waals surface area contributed by atoms with Crippen LogP contribution in [0.1, 0.15) is 13.3 Å². The highest BCUT2D eigenvalue weighted by atomic mass is 32.1. The number of amides is 1. The second-order valence-electron chi connectivity index (χ2n) is 3.53. The Morgan fingerprint density at radius 3 is 2.69 bits per heavy atom. The summed E-state index contributed by atoms with van der Waals surface area (Å²) in [6, 6.07) is 0. The zero-order valence-corrected chi connectivity index (χ0v) is 10.4. The van der Waals surface area contributed by atoms with Crippen molar-refractivity contribution in [2.75, 3.05) is 39.4 Å². The third kappa shape index (κ3) is 4.76. The molecular weight excluding hydrogens is 226 g/mol. The largest absolute Gasteiger partial charge is 0.378 e. The first-order valence-corrected chi connectivity index (χ1v) is 6.02. The van der Waals surface area contributed by atoms with Crippen LogP contribution in [-0.2, 0) is 9.53 Å². The van der Waals surface area contributed by atoms with E-state index in [1.807, 2.05) is 11.8 Å². The number of ether oxygens (including phenoxy) is 1. The Labute approximate surface area is 102 Å². The average Bonchev–Trinajstić information content (AvgIpc) is 2.30. The van der Waals surface area contributed by atoms with Crippen molar-refractivity contribution in [3.8, 4) is 0 Å². The molecule has 92 valence electrons. The minimum atomic E-state index is 0.162. The molecule has 1 fully saturated rings. The molecule has 0 aromatic carbocycles. The lowest BCUT2D eigenvalue weighted by Gasteiger charge is -2.26. The summed E-state index contributed by atoms with van der Waals surface area (Å²) in [5.74, 6) is 0.162. The van der Waals surface area contributed by atoms with Gasteiger partial charge in [0.1, 0.15) is 0 Å². The fraction of sp³-hybridized carbons (Fsp3) is 0.800. The van der Waals surface area contributed by atoms with Crippen LogP contribution < -0.4 is 10.6 Å². The van der Waals surface area contributed by atoms with Crippen molar-refractivity contribution in [3.05, 3.63) is 0 Å². The van der Waals surface area contributed by atoms with E-state index in [1.165, 1.54) is 0 Å². The van der Waals surface area contributed by atoms with E-state index >= 15 is 0 Å². The van der Waals surface area contributed by atoms with Crippen LogP contribution in [-0.4, -0.2) is 55.3 Å². The van der Waals surface area contributed by atoms with Gasteiger partial charge in [-0.25, -0.2) is 0 Å². The van der Waals surface area contributed by atoms with Crippen molar-refractivity contribution >= 4 is 23.2 Å². The average molecular weight is 245 g/mol. The third-order valence-corrected chi connectivity index (χ3v) is 2.61. The van der Waals surface area contributed by atoms with Gasteiger partial charge in [-0.15, -0.1) is 0 Å². The van der Waals surface area contributed by atoms with Crippen molar-refractivity contribution in [1.29, 1.82) is 0 Å². The summed E-state index contributed by atoms with van der Waals surface area (Å²) in [5.41, 5.74) is 0. The first-order valence-electron chi connectivity index (χ1n) is 5.61. The van der Waals surface area contributed by atoms with Crippen LogP contribution in [0.3, 0.4) is 0 Å².